The van der Waals surface area contributed by atoms with Crippen molar-refractivity contribution in [3.63, 3.8) is 0 Å². The molecule has 2 N–H and O–H groups in total. The second kappa shape index (κ2) is 7.03. The van der Waals surface area contributed by atoms with Gasteiger partial charge in [-0.25, -0.2) is 0 Å². The summed E-state index contributed by atoms with van der Waals surface area (Å²) in [7, 11) is 1.67. The van der Waals surface area contributed by atoms with Gasteiger partial charge in [0, 0.05) is 45.3 Å². The van der Waals surface area contributed by atoms with Crippen molar-refractivity contribution < 1.29 is 9.47 Å². The third-order valence-corrected chi connectivity index (χ3v) is 2.14. The Balaban J connectivity index is 2.22. The van der Waals surface area contributed by atoms with Gasteiger partial charge in [0.25, 0.3) is 0 Å². The number of nitrogen functional groups attached to an aromatic ring is 1. The van der Waals surface area contributed by atoms with Gasteiger partial charge in [-0.3, -0.25) is 4.79 Å². The summed E-state index contributed by atoms with van der Waals surface area (Å²) in [4.78, 5) is 11.0. The maximum Gasteiger partial charge on any atom is 0.204 e. The second-order valence-electron chi connectivity index (χ2n) is 3.46. The molecular weight excluding hydrogens is 208 g/mol. The van der Waals surface area contributed by atoms with Crippen LogP contribution >= 0.6 is 0 Å². The molecule has 0 aliphatic carbocycles. The van der Waals surface area contributed by atoms with E-state index in [4.69, 9.17) is 15.2 Å². The summed E-state index contributed by atoms with van der Waals surface area (Å²) in [5, 5.41) is 0. The zero-order valence-electron chi connectivity index (χ0n) is 9.52. The Labute approximate surface area is 94.8 Å². The molecule has 5 heteroatoms. The van der Waals surface area contributed by atoms with Gasteiger partial charge in [0.1, 0.15) is 0 Å². The first-order valence-electron chi connectivity index (χ1n) is 5.26. The van der Waals surface area contributed by atoms with Gasteiger partial charge in [-0.05, 0) is 6.42 Å². The molecule has 16 heavy (non-hydrogen) atoms. The molecule has 0 aromatic carbocycles. The first-order chi connectivity index (χ1) is 7.74. The van der Waals surface area contributed by atoms with Crippen molar-refractivity contribution in [2.24, 2.45) is 0 Å². The Morgan fingerprint density at radius 2 is 2.19 bits per heavy atom. The summed E-state index contributed by atoms with van der Waals surface area (Å²) in [6.07, 6.45) is 4.22. The second-order valence-corrected chi connectivity index (χ2v) is 3.46. The molecule has 0 fully saturated rings. The van der Waals surface area contributed by atoms with Crippen LogP contribution in [-0.2, 0) is 16.0 Å². The minimum absolute atomic E-state index is 0.141. The van der Waals surface area contributed by atoms with Crippen LogP contribution in [0.5, 0.6) is 0 Å². The van der Waals surface area contributed by atoms with Gasteiger partial charge in [0.2, 0.25) is 5.43 Å². The summed E-state index contributed by atoms with van der Waals surface area (Å²) in [5.74, 6) is 0. The number of hydrogen-bond acceptors (Lipinski definition) is 4. The maximum absolute atomic E-state index is 11.0. The summed E-state index contributed by atoms with van der Waals surface area (Å²) < 4.78 is 12.1. The first kappa shape index (κ1) is 12.7. The van der Waals surface area contributed by atoms with Crippen LogP contribution in [0.3, 0.4) is 0 Å². The van der Waals surface area contributed by atoms with Gasteiger partial charge < -0.3 is 19.8 Å². The third kappa shape index (κ3) is 4.46. The molecule has 90 valence electrons. The third-order valence-electron chi connectivity index (χ3n) is 2.14. The zero-order valence-corrected chi connectivity index (χ0v) is 9.52. The molecule has 0 saturated heterocycles. The van der Waals surface area contributed by atoms with Crippen molar-refractivity contribution in [2.45, 2.75) is 13.0 Å². The van der Waals surface area contributed by atoms with E-state index in [0.717, 1.165) is 6.42 Å². The van der Waals surface area contributed by atoms with E-state index in [1.807, 2.05) is 4.57 Å². The van der Waals surface area contributed by atoms with Gasteiger partial charge in [-0.15, -0.1) is 0 Å². The number of aromatic nitrogens is 1. The van der Waals surface area contributed by atoms with Crippen molar-refractivity contribution >= 4 is 5.69 Å². The lowest BCUT2D eigenvalue weighted by Gasteiger charge is -2.07. The number of ether oxygens (including phenoxy) is 2. The predicted octanol–water partition coefficient (Wildman–Crippen LogP) is 0.484. The highest BCUT2D eigenvalue weighted by atomic mass is 16.5. The van der Waals surface area contributed by atoms with Crippen LogP contribution in [0, 0.1) is 0 Å². The highest BCUT2D eigenvalue weighted by molar-refractivity contribution is 5.33. The Hall–Kier alpha value is -1.33. The van der Waals surface area contributed by atoms with E-state index < -0.39 is 0 Å². The number of hydrogen-bond donors (Lipinski definition) is 1. The SMILES string of the molecule is COCCCOCCn1ccc(=O)c(N)c1. The van der Waals surface area contributed by atoms with Gasteiger partial charge >= 0.3 is 0 Å². The van der Waals surface area contributed by atoms with Crippen LogP contribution in [0.1, 0.15) is 6.42 Å². The van der Waals surface area contributed by atoms with Crippen molar-refractivity contribution in [3.8, 4) is 0 Å². The number of anilines is 1. The average Bonchev–Trinajstić information content (AvgIpc) is 2.28. The van der Waals surface area contributed by atoms with Crippen LogP contribution in [0.25, 0.3) is 0 Å². The van der Waals surface area contributed by atoms with Crippen LogP contribution in [-0.4, -0.2) is 31.5 Å². The molecule has 1 aromatic rings. The van der Waals surface area contributed by atoms with E-state index in [1.54, 1.807) is 19.5 Å². The quantitative estimate of drug-likeness (QED) is 0.687. The average molecular weight is 226 g/mol. The normalized spacial score (nSPS) is 10.6. The first-order valence-corrected chi connectivity index (χ1v) is 5.26. The minimum atomic E-state index is -0.141. The largest absolute Gasteiger partial charge is 0.394 e. The molecule has 5 nitrogen and oxygen atoms in total. The predicted molar refractivity (Wildman–Crippen MR) is 62.4 cm³/mol. The highest BCUT2D eigenvalue weighted by Gasteiger charge is 1.95. The van der Waals surface area contributed by atoms with Crippen LogP contribution in [0.15, 0.2) is 23.3 Å². The smallest absolute Gasteiger partial charge is 0.204 e. The Bertz CT molecular complexity index is 362. The van der Waals surface area contributed by atoms with Crippen LogP contribution in [0.2, 0.25) is 0 Å². The lowest BCUT2D eigenvalue weighted by atomic mass is 10.4. The van der Waals surface area contributed by atoms with Crippen LogP contribution in [0.4, 0.5) is 5.69 Å². The van der Waals surface area contributed by atoms with Gasteiger partial charge in [-0.2, -0.15) is 0 Å². The molecular formula is C11H18N2O3. The fourth-order valence-corrected chi connectivity index (χ4v) is 1.26. The lowest BCUT2D eigenvalue weighted by molar-refractivity contribution is 0.0976. The van der Waals surface area contributed by atoms with Gasteiger partial charge in [-0.1, -0.05) is 0 Å². The number of methoxy groups -OCH3 is 1. The van der Waals surface area contributed by atoms with E-state index in [2.05, 4.69) is 0 Å². The molecule has 0 aliphatic heterocycles. The Morgan fingerprint density at radius 1 is 1.38 bits per heavy atom. The Kier molecular flexibility index (Phi) is 5.60. The molecule has 0 spiro atoms. The van der Waals surface area contributed by atoms with Crippen molar-refractivity contribution in [1.82, 2.24) is 4.57 Å². The molecule has 1 rings (SSSR count). The fraction of sp³-hybridized carbons (Fsp3) is 0.545. The molecule has 0 aliphatic rings. The van der Waals surface area contributed by atoms with E-state index in [9.17, 15) is 4.79 Å². The van der Waals surface area contributed by atoms with Crippen molar-refractivity contribution in [1.29, 1.82) is 0 Å². The molecule has 0 amide bonds. The monoisotopic (exact) mass is 226 g/mol. The highest BCUT2D eigenvalue weighted by Crippen LogP contribution is 1.94. The van der Waals surface area contributed by atoms with E-state index in [0.29, 0.717) is 26.4 Å². The molecule has 0 saturated carbocycles. The number of rotatable bonds is 7. The van der Waals surface area contributed by atoms with E-state index in [-0.39, 0.29) is 11.1 Å². The molecule has 1 aromatic heterocycles. The molecule has 0 radical (unpaired) electrons. The zero-order chi connectivity index (χ0) is 11.8. The molecule has 0 unspecified atom stereocenters. The summed E-state index contributed by atoms with van der Waals surface area (Å²) in [6.45, 7) is 2.69. The van der Waals surface area contributed by atoms with Crippen LogP contribution < -0.4 is 11.2 Å². The molecule has 0 atom stereocenters. The topological polar surface area (TPSA) is 66.5 Å². The van der Waals surface area contributed by atoms with E-state index in [1.165, 1.54) is 6.07 Å². The van der Waals surface area contributed by atoms with E-state index >= 15 is 0 Å². The molecule has 0 bridgehead atoms. The Morgan fingerprint density at radius 3 is 2.88 bits per heavy atom. The minimum Gasteiger partial charge on any atom is -0.394 e. The van der Waals surface area contributed by atoms with Crippen molar-refractivity contribution in [3.05, 3.63) is 28.7 Å². The summed E-state index contributed by atoms with van der Waals surface area (Å²) in [5.41, 5.74) is 5.62. The summed E-state index contributed by atoms with van der Waals surface area (Å²) in [6, 6.07) is 1.46. The lowest BCUT2D eigenvalue weighted by Crippen LogP contribution is -2.13. The summed E-state index contributed by atoms with van der Waals surface area (Å²) >= 11 is 0. The molecule has 1 heterocycles. The van der Waals surface area contributed by atoms with Gasteiger partial charge in [0.15, 0.2) is 0 Å². The number of nitrogens with two attached hydrogens (primary N) is 1. The standard InChI is InChI=1S/C11H18N2O3/c1-15-6-2-7-16-8-5-13-4-3-11(14)10(12)9-13/h3-4,9H,2,5-8,12H2,1H3. The number of nitrogens with zero attached hydrogens (tertiary/aromatic N) is 1. The van der Waals surface area contributed by atoms with Gasteiger partial charge in [0.05, 0.1) is 12.3 Å². The fourth-order valence-electron chi connectivity index (χ4n) is 1.26. The van der Waals surface area contributed by atoms with Crippen molar-refractivity contribution in [2.75, 3.05) is 32.7 Å². The maximum atomic E-state index is 11.0. The number of pyridine rings is 1.